The molecular weight excluding hydrogens is 356 g/mol. The van der Waals surface area contributed by atoms with Gasteiger partial charge in [0.1, 0.15) is 11.6 Å². The van der Waals surface area contributed by atoms with E-state index in [9.17, 15) is 0 Å². The summed E-state index contributed by atoms with van der Waals surface area (Å²) in [6, 6.07) is 2.30. The standard InChI is InChI=1S/C20H26N6O2/c1-2-13-9-17(21)22-11-16(13)18-15-10-14-12-28-8-5-26(14)19(15)24-20(23-18)25-3-6-27-7-4-25/h9,11,14H,2-8,10,12H2,1H3,(H2,21,22)/t14-/m1/s1. The molecule has 3 aliphatic heterocycles. The van der Waals surface area contributed by atoms with Crippen molar-refractivity contribution in [3.05, 3.63) is 23.4 Å². The molecule has 3 aliphatic rings. The average molecular weight is 382 g/mol. The first-order chi connectivity index (χ1) is 13.7. The number of morpholine rings is 2. The number of nitrogen functional groups attached to an aromatic ring is 1. The molecule has 0 aromatic carbocycles. The fourth-order valence-electron chi connectivity index (χ4n) is 4.37. The highest BCUT2D eigenvalue weighted by atomic mass is 16.5. The van der Waals surface area contributed by atoms with Crippen LogP contribution in [-0.2, 0) is 22.3 Å². The summed E-state index contributed by atoms with van der Waals surface area (Å²) in [5.74, 6) is 2.38. The van der Waals surface area contributed by atoms with Crippen molar-refractivity contribution in [1.82, 2.24) is 15.0 Å². The Bertz CT molecular complexity index is 883. The van der Waals surface area contributed by atoms with Crippen LogP contribution >= 0.6 is 0 Å². The number of nitrogens with two attached hydrogens (primary N) is 1. The van der Waals surface area contributed by atoms with Gasteiger partial charge in [0.05, 0.1) is 38.2 Å². The maximum atomic E-state index is 5.95. The molecule has 2 aromatic rings. The lowest BCUT2D eigenvalue weighted by Gasteiger charge is -2.32. The summed E-state index contributed by atoms with van der Waals surface area (Å²) < 4.78 is 11.2. The summed E-state index contributed by atoms with van der Waals surface area (Å²) in [5, 5.41) is 0. The minimum absolute atomic E-state index is 0.337. The van der Waals surface area contributed by atoms with Gasteiger partial charge in [0, 0.05) is 43.4 Å². The molecule has 2 aromatic heterocycles. The Morgan fingerprint density at radius 2 is 1.96 bits per heavy atom. The number of pyridine rings is 1. The zero-order valence-corrected chi connectivity index (χ0v) is 16.2. The molecule has 148 valence electrons. The number of anilines is 3. The van der Waals surface area contributed by atoms with E-state index in [1.54, 1.807) is 0 Å². The second-order valence-electron chi connectivity index (χ2n) is 7.52. The number of ether oxygens (including phenoxy) is 2. The summed E-state index contributed by atoms with van der Waals surface area (Å²) in [5.41, 5.74) is 10.4. The first kappa shape index (κ1) is 17.6. The zero-order valence-electron chi connectivity index (χ0n) is 16.2. The van der Waals surface area contributed by atoms with Gasteiger partial charge < -0.3 is 25.0 Å². The van der Waals surface area contributed by atoms with E-state index in [0.717, 1.165) is 68.7 Å². The summed E-state index contributed by atoms with van der Waals surface area (Å²) in [6.45, 7) is 7.53. The topological polar surface area (TPSA) is 89.6 Å². The second-order valence-corrected chi connectivity index (χ2v) is 7.52. The van der Waals surface area contributed by atoms with Crippen LogP contribution in [0.15, 0.2) is 12.3 Å². The molecule has 1 atom stereocenters. The smallest absolute Gasteiger partial charge is 0.228 e. The van der Waals surface area contributed by atoms with Crippen LogP contribution in [0.25, 0.3) is 11.3 Å². The Morgan fingerprint density at radius 1 is 1.14 bits per heavy atom. The van der Waals surface area contributed by atoms with Gasteiger partial charge in [0.2, 0.25) is 5.95 Å². The SMILES string of the molecule is CCc1cc(N)ncc1-c1nc(N2CCOCC2)nc2c1C[C@@H]1COCCN21. The number of fused-ring (bicyclic) bond motifs is 3. The van der Waals surface area contributed by atoms with Gasteiger partial charge in [-0.25, -0.2) is 9.97 Å². The minimum Gasteiger partial charge on any atom is -0.384 e. The highest BCUT2D eigenvalue weighted by molar-refractivity contribution is 5.76. The monoisotopic (exact) mass is 382 g/mol. The molecule has 0 saturated carbocycles. The van der Waals surface area contributed by atoms with Crippen LogP contribution in [0.2, 0.25) is 0 Å². The predicted octanol–water partition coefficient (Wildman–Crippen LogP) is 1.28. The Hall–Kier alpha value is -2.45. The van der Waals surface area contributed by atoms with Crippen molar-refractivity contribution in [3.8, 4) is 11.3 Å². The quantitative estimate of drug-likeness (QED) is 0.849. The molecule has 2 fully saturated rings. The Balaban J connectivity index is 1.66. The van der Waals surface area contributed by atoms with Gasteiger partial charge in [0.25, 0.3) is 0 Å². The number of aromatic nitrogens is 3. The van der Waals surface area contributed by atoms with E-state index < -0.39 is 0 Å². The van der Waals surface area contributed by atoms with Crippen LogP contribution < -0.4 is 15.5 Å². The molecular formula is C20H26N6O2. The molecule has 0 unspecified atom stereocenters. The van der Waals surface area contributed by atoms with Crippen molar-refractivity contribution in [1.29, 1.82) is 0 Å². The maximum absolute atomic E-state index is 5.95. The molecule has 28 heavy (non-hydrogen) atoms. The van der Waals surface area contributed by atoms with Gasteiger partial charge in [-0.3, -0.25) is 0 Å². The Morgan fingerprint density at radius 3 is 2.79 bits per heavy atom. The van der Waals surface area contributed by atoms with E-state index in [4.69, 9.17) is 25.2 Å². The average Bonchev–Trinajstić information content (AvgIpc) is 3.12. The van der Waals surface area contributed by atoms with Crippen LogP contribution in [-0.4, -0.2) is 67.1 Å². The van der Waals surface area contributed by atoms with E-state index in [1.165, 1.54) is 11.1 Å². The van der Waals surface area contributed by atoms with Gasteiger partial charge in [-0.1, -0.05) is 6.92 Å². The first-order valence-electron chi connectivity index (χ1n) is 10.1. The van der Waals surface area contributed by atoms with Gasteiger partial charge in [-0.15, -0.1) is 0 Å². The van der Waals surface area contributed by atoms with Gasteiger partial charge in [0.15, 0.2) is 0 Å². The lowest BCUT2D eigenvalue weighted by molar-refractivity contribution is 0.0974. The Labute approximate surface area is 164 Å². The van der Waals surface area contributed by atoms with Gasteiger partial charge in [-0.05, 0) is 18.1 Å². The summed E-state index contributed by atoms with van der Waals surface area (Å²) in [7, 11) is 0. The van der Waals surface area contributed by atoms with Crippen molar-refractivity contribution in [2.24, 2.45) is 0 Å². The van der Waals surface area contributed by atoms with Crippen molar-refractivity contribution < 1.29 is 9.47 Å². The van der Waals surface area contributed by atoms with E-state index in [-0.39, 0.29) is 0 Å². The molecule has 5 rings (SSSR count). The molecule has 0 spiro atoms. The summed E-state index contributed by atoms with van der Waals surface area (Å²) in [6.07, 6.45) is 3.65. The van der Waals surface area contributed by atoms with Crippen LogP contribution in [0.4, 0.5) is 17.6 Å². The molecule has 2 N–H and O–H groups in total. The second kappa shape index (κ2) is 7.18. The third kappa shape index (κ3) is 2.97. The number of nitrogens with zero attached hydrogens (tertiary/aromatic N) is 5. The molecule has 0 aliphatic carbocycles. The van der Waals surface area contributed by atoms with E-state index >= 15 is 0 Å². The molecule has 0 bridgehead atoms. The maximum Gasteiger partial charge on any atom is 0.228 e. The normalized spacial score (nSPS) is 21.5. The molecule has 0 radical (unpaired) electrons. The van der Waals surface area contributed by atoms with Crippen LogP contribution in [0.3, 0.4) is 0 Å². The third-order valence-corrected chi connectivity index (χ3v) is 5.85. The lowest BCUT2D eigenvalue weighted by Crippen LogP contribution is -2.43. The van der Waals surface area contributed by atoms with Crippen LogP contribution in [0.5, 0.6) is 0 Å². The summed E-state index contributed by atoms with van der Waals surface area (Å²) in [4.78, 5) is 19.0. The van der Waals surface area contributed by atoms with E-state index in [2.05, 4.69) is 21.7 Å². The third-order valence-electron chi connectivity index (χ3n) is 5.85. The van der Waals surface area contributed by atoms with Crippen molar-refractivity contribution in [3.63, 3.8) is 0 Å². The fraction of sp³-hybridized carbons (Fsp3) is 0.550. The number of hydrogen-bond acceptors (Lipinski definition) is 8. The highest BCUT2D eigenvalue weighted by Crippen LogP contribution is 2.40. The van der Waals surface area contributed by atoms with Crippen molar-refractivity contribution >= 4 is 17.6 Å². The molecule has 5 heterocycles. The highest BCUT2D eigenvalue weighted by Gasteiger charge is 2.37. The lowest BCUT2D eigenvalue weighted by atomic mass is 9.99. The van der Waals surface area contributed by atoms with Gasteiger partial charge in [-0.2, -0.15) is 4.98 Å². The van der Waals surface area contributed by atoms with Crippen molar-refractivity contribution in [2.75, 3.05) is 61.6 Å². The van der Waals surface area contributed by atoms with Crippen LogP contribution in [0.1, 0.15) is 18.1 Å². The summed E-state index contributed by atoms with van der Waals surface area (Å²) >= 11 is 0. The largest absolute Gasteiger partial charge is 0.384 e. The molecule has 8 heteroatoms. The minimum atomic E-state index is 0.337. The molecule has 2 saturated heterocycles. The van der Waals surface area contributed by atoms with Crippen molar-refractivity contribution in [2.45, 2.75) is 25.8 Å². The van der Waals surface area contributed by atoms with Gasteiger partial charge >= 0.3 is 0 Å². The van der Waals surface area contributed by atoms with E-state index in [0.29, 0.717) is 25.1 Å². The predicted molar refractivity (Wildman–Crippen MR) is 108 cm³/mol. The number of rotatable bonds is 3. The Kier molecular flexibility index (Phi) is 4.52. The van der Waals surface area contributed by atoms with E-state index in [1.807, 2.05) is 12.3 Å². The zero-order chi connectivity index (χ0) is 19.1. The fourth-order valence-corrected chi connectivity index (χ4v) is 4.37. The number of aryl methyl sites for hydroxylation is 1. The number of hydrogen-bond donors (Lipinski definition) is 1. The first-order valence-corrected chi connectivity index (χ1v) is 10.1. The van der Waals surface area contributed by atoms with Crippen LogP contribution in [0, 0.1) is 0 Å². The molecule has 0 amide bonds. The molecule has 8 nitrogen and oxygen atoms in total.